The molecule has 0 aliphatic carbocycles. The topological polar surface area (TPSA) is 35.2 Å². The lowest BCUT2D eigenvalue weighted by Crippen LogP contribution is -1.90. The molecular formula is C11H10FNO. The maximum Gasteiger partial charge on any atom is 0.128 e. The van der Waals surface area contributed by atoms with Crippen LogP contribution in [0.25, 0.3) is 10.8 Å². The molecule has 0 aliphatic heterocycles. The SMILES string of the molecule is COc1cc(N)cc2cc(F)ccc12. The van der Waals surface area contributed by atoms with E-state index in [9.17, 15) is 4.39 Å². The summed E-state index contributed by atoms with van der Waals surface area (Å²) in [6.45, 7) is 0. The van der Waals surface area contributed by atoms with Crippen molar-refractivity contribution in [1.82, 2.24) is 0 Å². The van der Waals surface area contributed by atoms with Gasteiger partial charge in [-0.05, 0) is 29.7 Å². The van der Waals surface area contributed by atoms with Gasteiger partial charge in [0.05, 0.1) is 7.11 Å². The smallest absolute Gasteiger partial charge is 0.128 e. The fourth-order valence-corrected chi connectivity index (χ4v) is 1.50. The van der Waals surface area contributed by atoms with E-state index in [1.807, 2.05) is 0 Å². The summed E-state index contributed by atoms with van der Waals surface area (Å²) in [4.78, 5) is 0. The van der Waals surface area contributed by atoms with Gasteiger partial charge in [0.15, 0.2) is 0 Å². The Labute approximate surface area is 81.1 Å². The van der Waals surface area contributed by atoms with Gasteiger partial charge in [0.2, 0.25) is 0 Å². The predicted octanol–water partition coefficient (Wildman–Crippen LogP) is 2.57. The molecule has 14 heavy (non-hydrogen) atoms. The highest BCUT2D eigenvalue weighted by Crippen LogP contribution is 2.28. The molecule has 0 atom stereocenters. The van der Waals surface area contributed by atoms with Gasteiger partial charge in [-0.25, -0.2) is 4.39 Å². The highest BCUT2D eigenvalue weighted by molar-refractivity contribution is 5.91. The number of rotatable bonds is 1. The number of anilines is 1. The average Bonchev–Trinajstić information content (AvgIpc) is 2.15. The van der Waals surface area contributed by atoms with Gasteiger partial charge in [-0.15, -0.1) is 0 Å². The van der Waals surface area contributed by atoms with Crippen LogP contribution in [0.2, 0.25) is 0 Å². The first-order valence-corrected chi connectivity index (χ1v) is 4.23. The molecule has 0 bridgehead atoms. The van der Waals surface area contributed by atoms with Crippen LogP contribution in [0.4, 0.5) is 10.1 Å². The van der Waals surface area contributed by atoms with Crippen molar-refractivity contribution in [3.8, 4) is 5.75 Å². The van der Waals surface area contributed by atoms with Gasteiger partial charge in [-0.2, -0.15) is 0 Å². The molecule has 72 valence electrons. The Bertz CT molecular complexity index is 477. The van der Waals surface area contributed by atoms with Crippen molar-refractivity contribution < 1.29 is 9.13 Å². The Morgan fingerprint density at radius 2 is 2.00 bits per heavy atom. The molecule has 3 heteroatoms. The van der Waals surface area contributed by atoms with Crippen molar-refractivity contribution in [3.63, 3.8) is 0 Å². The molecule has 0 aliphatic rings. The monoisotopic (exact) mass is 191 g/mol. The van der Waals surface area contributed by atoms with Crippen molar-refractivity contribution >= 4 is 16.5 Å². The third-order valence-electron chi connectivity index (χ3n) is 2.12. The number of hydrogen-bond acceptors (Lipinski definition) is 2. The van der Waals surface area contributed by atoms with E-state index in [1.54, 1.807) is 25.3 Å². The van der Waals surface area contributed by atoms with E-state index in [0.29, 0.717) is 11.4 Å². The number of nitrogen functional groups attached to an aromatic ring is 1. The van der Waals surface area contributed by atoms with Crippen LogP contribution in [0, 0.1) is 5.82 Å². The Morgan fingerprint density at radius 3 is 2.71 bits per heavy atom. The van der Waals surface area contributed by atoms with E-state index in [-0.39, 0.29) is 5.82 Å². The minimum absolute atomic E-state index is 0.273. The lowest BCUT2D eigenvalue weighted by molar-refractivity contribution is 0.420. The standard InChI is InChI=1S/C11H10FNO/c1-14-11-6-9(13)5-7-4-8(12)2-3-10(7)11/h2-6H,13H2,1H3. The number of hydrogen-bond donors (Lipinski definition) is 1. The van der Waals surface area contributed by atoms with E-state index in [0.717, 1.165) is 10.8 Å². The molecule has 0 unspecified atom stereocenters. The molecule has 0 saturated carbocycles. The Balaban J connectivity index is 2.81. The normalized spacial score (nSPS) is 10.4. The van der Waals surface area contributed by atoms with Crippen LogP contribution in [0.1, 0.15) is 0 Å². The first kappa shape index (κ1) is 8.81. The molecule has 0 saturated heterocycles. The van der Waals surface area contributed by atoms with Gasteiger partial charge in [0.25, 0.3) is 0 Å². The van der Waals surface area contributed by atoms with Crippen LogP contribution in [-0.4, -0.2) is 7.11 Å². The van der Waals surface area contributed by atoms with Crippen LogP contribution in [0.15, 0.2) is 30.3 Å². The summed E-state index contributed by atoms with van der Waals surface area (Å²) >= 11 is 0. The maximum absolute atomic E-state index is 12.9. The summed E-state index contributed by atoms with van der Waals surface area (Å²) in [5.41, 5.74) is 6.22. The lowest BCUT2D eigenvalue weighted by Gasteiger charge is -2.06. The van der Waals surface area contributed by atoms with E-state index < -0.39 is 0 Å². The van der Waals surface area contributed by atoms with Crippen LogP contribution in [0.3, 0.4) is 0 Å². The molecule has 0 spiro atoms. The van der Waals surface area contributed by atoms with Crippen molar-refractivity contribution in [2.45, 2.75) is 0 Å². The summed E-state index contributed by atoms with van der Waals surface area (Å²) in [7, 11) is 1.57. The zero-order valence-electron chi connectivity index (χ0n) is 7.75. The third-order valence-corrected chi connectivity index (χ3v) is 2.12. The average molecular weight is 191 g/mol. The molecule has 2 nitrogen and oxygen atoms in total. The number of nitrogens with two attached hydrogens (primary N) is 1. The first-order valence-electron chi connectivity index (χ1n) is 4.23. The Morgan fingerprint density at radius 1 is 1.21 bits per heavy atom. The molecule has 2 N–H and O–H groups in total. The molecule has 2 aromatic carbocycles. The van der Waals surface area contributed by atoms with Crippen LogP contribution >= 0.6 is 0 Å². The summed E-state index contributed by atoms with van der Waals surface area (Å²) in [5.74, 6) is 0.394. The van der Waals surface area contributed by atoms with Crippen molar-refractivity contribution in [2.24, 2.45) is 0 Å². The molecule has 2 rings (SSSR count). The fraction of sp³-hybridized carbons (Fsp3) is 0.0909. The summed E-state index contributed by atoms with van der Waals surface area (Å²) < 4.78 is 18.1. The highest BCUT2D eigenvalue weighted by Gasteiger charge is 2.03. The van der Waals surface area contributed by atoms with Crippen molar-refractivity contribution in [1.29, 1.82) is 0 Å². The third kappa shape index (κ3) is 1.37. The fourth-order valence-electron chi connectivity index (χ4n) is 1.50. The molecular weight excluding hydrogens is 181 g/mol. The largest absolute Gasteiger partial charge is 0.496 e. The molecule has 0 heterocycles. The van der Waals surface area contributed by atoms with Gasteiger partial charge in [0.1, 0.15) is 11.6 Å². The summed E-state index contributed by atoms with van der Waals surface area (Å²) in [6, 6.07) is 7.97. The second-order valence-electron chi connectivity index (χ2n) is 3.09. The summed E-state index contributed by atoms with van der Waals surface area (Å²) in [6.07, 6.45) is 0. The highest BCUT2D eigenvalue weighted by atomic mass is 19.1. The van der Waals surface area contributed by atoms with Gasteiger partial charge >= 0.3 is 0 Å². The molecule has 0 fully saturated rings. The number of halogens is 1. The summed E-state index contributed by atoms with van der Waals surface area (Å²) in [5, 5.41) is 1.62. The number of ether oxygens (including phenoxy) is 1. The van der Waals surface area contributed by atoms with Gasteiger partial charge < -0.3 is 10.5 Å². The van der Waals surface area contributed by atoms with Crippen LogP contribution in [-0.2, 0) is 0 Å². The van der Waals surface area contributed by atoms with E-state index in [2.05, 4.69) is 0 Å². The minimum atomic E-state index is -0.273. The Kier molecular flexibility index (Phi) is 2.00. The first-order chi connectivity index (χ1) is 6.70. The van der Waals surface area contributed by atoms with Gasteiger partial charge in [-0.1, -0.05) is 0 Å². The van der Waals surface area contributed by atoms with Crippen molar-refractivity contribution in [2.75, 3.05) is 12.8 Å². The zero-order chi connectivity index (χ0) is 10.1. The van der Waals surface area contributed by atoms with Gasteiger partial charge in [-0.3, -0.25) is 0 Å². The number of fused-ring (bicyclic) bond motifs is 1. The van der Waals surface area contributed by atoms with Gasteiger partial charge in [0, 0.05) is 17.1 Å². The van der Waals surface area contributed by atoms with Crippen molar-refractivity contribution in [3.05, 3.63) is 36.1 Å². The quantitative estimate of drug-likeness (QED) is 0.703. The Hall–Kier alpha value is -1.77. The second-order valence-corrected chi connectivity index (χ2v) is 3.09. The predicted molar refractivity (Wildman–Crippen MR) is 54.9 cm³/mol. The van der Waals surface area contributed by atoms with E-state index in [1.165, 1.54) is 12.1 Å². The van der Waals surface area contributed by atoms with Crippen LogP contribution < -0.4 is 10.5 Å². The number of methoxy groups -OCH3 is 1. The minimum Gasteiger partial charge on any atom is -0.496 e. The second kappa shape index (κ2) is 3.18. The zero-order valence-corrected chi connectivity index (χ0v) is 7.75. The molecule has 0 amide bonds. The van der Waals surface area contributed by atoms with Crippen LogP contribution in [0.5, 0.6) is 5.75 Å². The van der Waals surface area contributed by atoms with E-state index >= 15 is 0 Å². The molecule has 0 radical (unpaired) electrons. The van der Waals surface area contributed by atoms with E-state index in [4.69, 9.17) is 10.5 Å². The molecule has 2 aromatic rings. The molecule has 0 aromatic heterocycles. The lowest BCUT2D eigenvalue weighted by atomic mass is 10.1. The number of benzene rings is 2. The maximum atomic E-state index is 12.9.